The van der Waals surface area contributed by atoms with Crippen molar-refractivity contribution in [2.45, 2.75) is 25.7 Å². The van der Waals surface area contributed by atoms with Gasteiger partial charge in [0, 0.05) is 15.1 Å². The van der Waals surface area contributed by atoms with Gasteiger partial charge in [0.15, 0.2) is 0 Å². The van der Waals surface area contributed by atoms with Gasteiger partial charge >= 0.3 is 5.97 Å². The smallest absolute Gasteiger partial charge is 0.318 e. The summed E-state index contributed by atoms with van der Waals surface area (Å²) in [5, 5.41) is 8.48. The molecule has 0 unspecified atom stereocenters. The predicted octanol–water partition coefficient (Wildman–Crippen LogP) is 0.671. The second kappa shape index (κ2) is 5.09. The quantitative estimate of drug-likeness (QED) is 0.706. The summed E-state index contributed by atoms with van der Waals surface area (Å²) < 4.78 is 24.1. The third-order valence-corrected chi connectivity index (χ3v) is 5.85. The van der Waals surface area contributed by atoms with Crippen LogP contribution in [-0.2, 0) is 14.8 Å². The molecule has 0 saturated carbocycles. The summed E-state index contributed by atoms with van der Waals surface area (Å²) in [6.45, 7) is 5.78. The van der Waals surface area contributed by atoms with Gasteiger partial charge in [-0.2, -0.15) is 4.31 Å². The summed E-state index contributed by atoms with van der Waals surface area (Å²) in [7, 11) is -3.51. The molecular weight excluding hydrogens is 234 g/mol. The van der Waals surface area contributed by atoms with Crippen LogP contribution in [0.4, 0.5) is 0 Å². The predicted molar refractivity (Wildman–Crippen MR) is 62.2 cm³/mol. The molecule has 0 amide bonds. The lowest BCUT2D eigenvalue weighted by atomic mass is 10.7. The van der Waals surface area contributed by atoms with Crippen LogP contribution in [0.25, 0.3) is 0 Å². The molecule has 0 saturated heterocycles. The van der Waals surface area contributed by atoms with Crippen molar-refractivity contribution < 1.29 is 18.3 Å². The normalized spacial score (nSPS) is 13.1. The molecule has 7 heteroatoms. The number of carboxylic acids is 1. The average Bonchev–Trinajstić information content (AvgIpc) is 1.98. The van der Waals surface area contributed by atoms with E-state index < -0.39 is 30.6 Å². The van der Waals surface area contributed by atoms with Crippen molar-refractivity contribution in [3.05, 3.63) is 0 Å². The maximum atomic E-state index is 11.6. The minimum Gasteiger partial charge on any atom is -0.480 e. The van der Waals surface area contributed by atoms with E-state index in [4.69, 9.17) is 5.11 Å². The van der Waals surface area contributed by atoms with Crippen LogP contribution in [-0.4, -0.2) is 51.2 Å². The Kier molecular flexibility index (Phi) is 4.95. The standard InChI is InChI=1S/C8H19NO4SSi/c1-9(7-8(10)11)14(12,13)5-6-15(2,3)4/h5-7H2,1-4H3,(H,10,11). The van der Waals surface area contributed by atoms with Crippen molar-refractivity contribution in [1.29, 1.82) is 0 Å². The highest BCUT2D eigenvalue weighted by Gasteiger charge is 2.23. The minimum absolute atomic E-state index is 0.0481. The number of aliphatic carboxylic acids is 1. The second-order valence-corrected chi connectivity index (χ2v) is 12.6. The first-order valence-electron chi connectivity index (χ1n) is 4.70. The summed E-state index contributed by atoms with van der Waals surface area (Å²) in [5.74, 6) is -1.08. The SMILES string of the molecule is CN(CC(=O)O)S(=O)(=O)CC[Si](C)(C)C. The van der Waals surface area contributed by atoms with Crippen molar-refractivity contribution in [3.63, 3.8) is 0 Å². The first-order chi connectivity index (χ1) is 6.54. The van der Waals surface area contributed by atoms with Crippen molar-refractivity contribution in [2.75, 3.05) is 19.3 Å². The van der Waals surface area contributed by atoms with Crippen LogP contribution in [0.15, 0.2) is 0 Å². The molecular formula is C8H19NO4SSi. The largest absolute Gasteiger partial charge is 0.480 e. The summed E-state index contributed by atoms with van der Waals surface area (Å²) >= 11 is 0. The molecule has 0 fully saturated rings. The third-order valence-electron chi connectivity index (χ3n) is 1.94. The summed E-state index contributed by atoms with van der Waals surface area (Å²) in [6, 6.07) is 0.652. The van der Waals surface area contributed by atoms with Gasteiger partial charge in [0.05, 0.1) is 5.75 Å². The van der Waals surface area contributed by atoms with Gasteiger partial charge in [-0.15, -0.1) is 0 Å². The Morgan fingerprint density at radius 1 is 1.33 bits per heavy atom. The van der Waals surface area contributed by atoms with E-state index in [2.05, 4.69) is 19.6 Å². The Bertz CT molecular complexity index is 320. The average molecular weight is 253 g/mol. The van der Waals surface area contributed by atoms with Crippen LogP contribution < -0.4 is 0 Å². The van der Waals surface area contributed by atoms with E-state index >= 15 is 0 Å². The highest BCUT2D eigenvalue weighted by atomic mass is 32.2. The van der Waals surface area contributed by atoms with Crippen molar-refractivity contribution in [1.82, 2.24) is 4.31 Å². The Morgan fingerprint density at radius 3 is 2.13 bits per heavy atom. The molecule has 5 nitrogen and oxygen atoms in total. The van der Waals surface area contributed by atoms with E-state index in [-0.39, 0.29) is 5.75 Å². The molecule has 0 bridgehead atoms. The monoisotopic (exact) mass is 253 g/mol. The highest BCUT2D eigenvalue weighted by Crippen LogP contribution is 2.11. The van der Waals surface area contributed by atoms with Crippen LogP contribution in [0, 0.1) is 0 Å². The maximum absolute atomic E-state index is 11.6. The number of carbonyl (C=O) groups is 1. The number of likely N-dealkylation sites (N-methyl/N-ethyl adjacent to an activating group) is 1. The van der Waals surface area contributed by atoms with Crippen LogP contribution in [0.1, 0.15) is 0 Å². The molecule has 0 aliphatic carbocycles. The molecule has 0 heterocycles. The molecule has 0 aromatic rings. The first-order valence-corrected chi connectivity index (χ1v) is 10.0. The van der Waals surface area contributed by atoms with Crippen molar-refractivity contribution >= 4 is 24.1 Å². The van der Waals surface area contributed by atoms with Crippen molar-refractivity contribution in [3.8, 4) is 0 Å². The molecule has 0 spiro atoms. The zero-order valence-electron chi connectivity index (χ0n) is 9.65. The zero-order valence-corrected chi connectivity index (χ0v) is 11.5. The van der Waals surface area contributed by atoms with Crippen LogP contribution in [0.5, 0.6) is 0 Å². The lowest BCUT2D eigenvalue weighted by molar-refractivity contribution is -0.137. The molecule has 0 aromatic carbocycles. The summed E-state index contributed by atoms with van der Waals surface area (Å²) in [4.78, 5) is 10.4. The summed E-state index contributed by atoms with van der Waals surface area (Å²) in [6.07, 6.45) is 0. The van der Waals surface area contributed by atoms with Crippen LogP contribution in [0.2, 0.25) is 25.7 Å². The number of nitrogens with zero attached hydrogens (tertiary/aromatic N) is 1. The fourth-order valence-corrected chi connectivity index (χ4v) is 4.98. The highest BCUT2D eigenvalue weighted by molar-refractivity contribution is 7.89. The molecule has 90 valence electrons. The van der Waals surface area contributed by atoms with Gasteiger partial charge < -0.3 is 5.11 Å². The van der Waals surface area contributed by atoms with Gasteiger partial charge in [-0.1, -0.05) is 19.6 Å². The first kappa shape index (κ1) is 14.6. The molecule has 0 aliphatic rings. The molecule has 1 N–H and O–H groups in total. The van der Waals surface area contributed by atoms with Gasteiger partial charge in [-0.3, -0.25) is 4.79 Å². The van der Waals surface area contributed by atoms with Crippen LogP contribution >= 0.6 is 0 Å². The Morgan fingerprint density at radius 2 is 1.80 bits per heavy atom. The number of carboxylic acid groups (broad SMARTS) is 1. The minimum atomic E-state index is -3.40. The number of hydrogen-bond acceptors (Lipinski definition) is 3. The van der Waals surface area contributed by atoms with Gasteiger partial charge in [0.25, 0.3) is 0 Å². The van der Waals surface area contributed by atoms with E-state index in [0.29, 0.717) is 6.04 Å². The van der Waals surface area contributed by atoms with Gasteiger partial charge in [-0.05, 0) is 6.04 Å². The van der Waals surface area contributed by atoms with E-state index in [0.717, 1.165) is 4.31 Å². The number of sulfonamides is 1. The van der Waals surface area contributed by atoms with E-state index in [1.54, 1.807) is 0 Å². The molecule has 0 aliphatic heterocycles. The van der Waals surface area contributed by atoms with Gasteiger partial charge in [0.2, 0.25) is 10.0 Å². The molecule has 0 atom stereocenters. The molecule has 0 radical (unpaired) electrons. The van der Waals surface area contributed by atoms with E-state index in [1.807, 2.05) is 0 Å². The Labute approximate surface area is 92.2 Å². The Hall–Kier alpha value is -0.403. The third kappa shape index (κ3) is 6.64. The van der Waals surface area contributed by atoms with Gasteiger partial charge in [-0.25, -0.2) is 8.42 Å². The maximum Gasteiger partial charge on any atom is 0.318 e. The topological polar surface area (TPSA) is 74.7 Å². The zero-order chi connectivity index (χ0) is 12.3. The number of rotatable bonds is 6. The number of hydrogen-bond donors (Lipinski definition) is 1. The lowest BCUT2D eigenvalue weighted by Crippen LogP contribution is -2.36. The molecule has 15 heavy (non-hydrogen) atoms. The summed E-state index contributed by atoms with van der Waals surface area (Å²) in [5.41, 5.74) is 0. The van der Waals surface area contributed by atoms with Crippen molar-refractivity contribution in [2.24, 2.45) is 0 Å². The van der Waals surface area contributed by atoms with Gasteiger partial charge in [0.1, 0.15) is 6.54 Å². The Balaban J connectivity index is 4.37. The van der Waals surface area contributed by atoms with Crippen LogP contribution in [0.3, 0.4) is 0 Å². The van der Waals surface area contributed by atoms with E-state index in [9.17, 15) is 13.2 Å². The second-order valence-electron chi connectivity index (χ2n) is 4.78. The fourth-order valence-electron chi connectivity index (χ4n) is 0.880. The fraction of sp³-hybridized carbons (Fsp3) is 0.875. The van der Waals surface area contributed by atoms with E-state index in [1.165, 1.54) is 7.05 Å². The lowest BCUT2D eigenvalue weighted by Gasteiger charge is -2.19. The molecule has 0 rings (SSSR count). The molecule has 0 aromatic heterocycles.